The van der Waals surface area contributed by atoms with Crippen LogP contribution in [0.15, 0.2) is 42.5 Å². The number of rotatable bonds is 5. The molecule has 0 amide bonds. The zero-order chi connectivity index (χ0) is 14.5. The van der Waals surface area contributed by atoms with Crippen LogP contribution in [-0.2, 0) is 6.42 Å². The summed E-state index contributed by atoms with van der Waals surface area (Å²) in [6, 6.07) is 12.6. The Bertz CT molecular complexity index is 566. The van der Waals surface area contributed by atoms with Crippen molar-refractivity contribution >= 4 is 11.6 Å². The van der Waals surface area contributed by atoms with Gasteiger partial charge in [-0.2, -0.15) is 0 Å². The van der Waals surface area contributed by atoms with E-state index in [1.54, 1.807) is 12.1 Å². The van der Waals surface area contributed by atoms with Crippen molar-refractivity contribution in [2.24, 2.45) is 5.73 Å². The van der Waals surface area contributed by atoms with E-state index < -0.39 is 5.82 Å². The van der Waals surface area contributed by atoms with E-state index >= 15 is 0 Å². The maximum absolute atomic E-state index is 13.2. The molecule has 3 heteroatoms. The lowest BCUT2D eigenvalue weighted by Gasteiger charge is -2.14. The Balaban J connectivity index is 2.15. The quantitative estimate of drug-likeness (QED) is 0.835. The highest BCUT2D eigenvalue weighted by atomic mass is 35.5. The lowest BCUT2D eigenvalue weighted by Crippen LogP contribution is -2.12. The predicted octanol–water partition coefficient (Wildman–Crippen LogP) is 4.87. The van der Waals surface area contributed by atoms with Crippen molar-refractivity contribution in [2.45, 2.75) is 32.2 Å². The van der Waals surface area contributed by atoms with Gasteiger partial charge in [0.05, 0.1) is 11.1 Å². The molecule has 2 aromatic rings. The molecule has 0 aliphatic carbocycles. The fraction of sp³-hybridized carbons (Fsp3) is 0.294. The van der Waals surface area contributed by atoms with Crippen LogP contribution in [0.25, 0.3) is 0 Å². The highest BCUT2D eigenvalue weighted by molar-refractivity contribution is 6.30. The van der Waals surface area contributed by atoms with Crippen LogP contribution in [0.5, 0.6) is 0 Å². The van der Waals surface area contributed by atoms with Crippen molar-refractivity contribution in [1.29, 1.82) is 0 Å². The third-order valence-electron chi connectivity index (χ3n) is 3.46. The van der Waals surface area contributed by atoms with Crippen LogP contribution >= 0.6 is 11.6 Å². The van der Waals surface area contributed by atoms with Gasteiger partial charge in [-0.3, -0.25) is 0 Å². The van der Waals surface area contributed by atoms with Gasteiger partial charge in [0.1, 0.15) is 5.82 Å². The van der Waals surface area contributed by atoms with Crippen molar-refractivity contribution in [3.63, 3.8) is 0 Å². The van der Waals surface area contributed by atoms with Crippen molar-refractivity contribution in [3.05, 3.63) is 70.0 Å². The average molecular weight is 292 g/mol. The Morgan fingerprint density at radius 3 is 2.35 bits per heavy atom. The lowest BCUT2D eigenvalue weighted by molar-refractivity contribution is 0.627. The second kappa shape index (κ2) is 6.87. The standard InChI is InChI=1S/C17H19ClFN/c1-2-3-4-12-5-7-13(8-6-12)17(20)14-9-10-16(19)15(18)11-14/h5-11,17H,2-4,20H2,1H3. The fourth-order valence-corrected chi connectivity index (χ4v) is 2.36. The van der Waals surface area contributed by atoms with Crippen molar-refractivity contribution in [1.82, 2.24) is 0 Å². The van der Waals surface area contributed by atoms with Gasteiger partial charge in [-0.15, -0.1) is 0 Å². The molecular formula is C17H19ClFN. The van der Waals surface area contributed by atoms with Gasteiger partial charge in [-0.1, -0.05) is 55.3 Å². The Morgan fingerprint density at radius 1 is 1.10 bits per heavy atom. The third-order valence-corrected chi connectivity index (χ3v) is 3.75. The van der Waals surface area contributed by atoms with E-state index in [1.165, 1.54) is 24.5 Å². The van der Waals surface area contributed by atoms with Crippen LogP contribution in [0.2, 0.25) is 5.02 Å². The van der Waals surface area contributed by atoms with Gasteiger partial charge >= 0.3 is 0 Å². The topological polar surface area (TPSA) is 26.0 Å². The summed E-state index contributed by atoms with van der Waals surface area (Å²) in [4.78, 5) is 0. The van der Waals surface area contributed by atoms with Crippen LogP contribution in [0.1, 0.15) is 42.5 Å². The molecule has 2 rings (SSSR count). The van der Waals surface area contributed by atoms with Gasteiger partial charge in [-0.25, -0.2) is 4.39 Å². The van der Waals surface area contributed by atoms with Crippen molar-refractivity contribution in [3.8, 4) is 0 Å². The second-order valence-corrected chi connectivity index (χ2v) is 5.40. The predicted molar refractivity (Wildman–Crippen MR) is 82.5 cm³/mol. The minimum absolute atomic E-state index is 0.109. The Kier molecular flexibility index (Phi) is 5.16. The number of benzene rings is 2. The molecule has 0 bridgehead atoms. The van der Waals surface area contributed by atoms with Gasteiger partial charge in [-0.05, 0) is 41.7 Å². The molecule has 0 saturated carbocycles. The summed E-state index contributed by atoms with van der Waals surface area (Å²) in [7, 11) is 0. The summed E-state index contributed by atoms with van der Waals surface area (Å²) in [5.74, 6) is -0.419. The van der Waals surface area contributed by atoms with Crippen LogP contribution in [0.3, 0.4) is 0 Å². The summed E-state index contributed by atoms with van der Waals surface area (Å²) < 4.78 is 13.2. The van der Waals surface area contributed by atoms with E-state index in [1.807, 2.05) is 12.1 Å². The van der Waals surface area contributed by atoms with Crippen LogP contribution < -0.4 is 5.73 Å². The molecule has 0 spiro atoms. The van der Waals surface area contributed by atoms with E-state index in [0.29, 0.717) is 0 Å². The Morgan fingerprint density at radius 2 is 1.75 bits per heavy atom. The molecule has 1 atom stereocenters. The zero-order valence-corrected chi connectivity index (χ0v) is 12.3. The maximum Gasteiger partial charge on any atom is 0.141 e. The first-order chi connectivity index (χ1) is 9.61. The van der Waals surface area contributed by atoms with Gasteiger partial charge in [0, 0.05) is 0 Å². The highest BCUT2D eigenvalue weighted by Crippen LogP contribution is 2.24. The van der Waals surface area contributed by atoms with Crippen LogP contribution in [-0.4, -0.2) is 0 Å². The third kappa shape index (κ3) is 3.59. The first-order valence-electron chi connectivity index (χ1n) is 6.91. The first-order valence-corrected chi connectivity index (χ1v) is 7.29. The molecule has 20 heavy (non-hydrogen) atoms. The Hall–Kier alpha value is -1.38. The van der Waals surface area contributed by atoms with E-state index in [9.17, 15) is 4.39 Å². The number of aryl methyl sites for hydroxylation is 1. The molecule has 1 nitrogen and oxygen atoms in total. The van der Waals surface area contributed by atoms with Crippen LogP contribution in [0.4, 0.5) is 4.39 Å². The number of nitrogens with two attached hydrogens (primary N) is 1. The largest absolute Gasteiger partial charge is 0.320 e. The van der Waals surface area contributed by atoms with Crippen LogP contribution in [0, 0.1) is 5.82 Å². The molecule has 0 saturated heterocycles. The minimum Gasteiger partial charge on any atom is -0.320 e. The summed E-state index contributed by atoms with van der Waals surface area (Å²) in [6.45, 7) is 2.18. The van der Waals surface area contributed by atoms with Gasteiger partial charge in [0.25, 0.3) is 0 Å². The molecule has 0 aliphatic rings. The maximum atomic E-state index is 13.2. The molecule has 0 aliphatic heterocycles. The fourth-order valence-electron chi connectivity index (χ4n) is 2.17. The summed E-state index contributed by atoms with van der Waals surface area (Å²) in [5.41, 5.74) is 9.35. The summed E-state index contributed by atoms with van der Waals surface area (Å²) in [5, 5.41) is 0.109. The van der Waals surface area contributed by atoms with E-state index in [0.717, 1.165) is 17.5 Å². The van der Waals surface area contributed by atoms with E-state index in [4.69, 9.17) is 17.3 Å². The summed E-state index contributed by atoms with van der Waals surface area (Å²) >= 11 is 5.80. The molecule has 106 valence electrons. The highest BCUT2D eigenvalue weighted by Gasteiger charge is 2.11. The van der Waals surface area contributed by atoms with Gasteiger partial charge < -0.3 is 5.73 Å². The molecule has 1 unspecified atom stereocenters. The number of unbranched alkanes of at least 4 members (excludes halogenated alkanes) is 1. The molecule has 2 N–H and O–H groups in total. The average Bonchev–Trinajstić information content (AvgIpc) is 2.48. The lowest BCUT2D eigenvalue weighted by atomic mass is 9.97. The van der Waals surface area contributed by atoms with Gasteiger partial charge in [0.2, 0.25) is 0 Å². The molecular weight excluding hydrogens is 273 g/mol. The normalized spacial score (nSPS) is 12.4. The number of hydrogen-bond acceptors (Lipinski definition) is 1. The van der Waals surface area contributed by atoms with E-state index in [-0.39, 0.29) is 11.1 Å². The van der Waals surface area contributed by atoms with E-state index in [2.05, 4.69) is 19.1 Å². The molecule has 0 fully saturated rings. The summed E-state index contributed by atoms with van der Waals surface area (Å²) in [6.07, 6.45) is 3.47. The monoisotopic (exact) mass is 291 g/mol. The van der Waals surface area contributed by atoms with Gasteiger partial charge in [0.15, 0.2) is 0 Å². The zero-order valence-electron chi connectivity index (χ0n) is 11.6. The second-order valence-electron chi connectivity index (χ2n) is 5.00. The SMILES string of the molecule is CCCCc1ccc(C(N)c2ccc(F)c(Cl)c2)cc1. The van der Waals surface area contributed by atoms with Crippen molar-refractivity contribution in [2.75, 3.05) is 0 Å². The smallest absolute Gasteiger partial charge is 0.141 e. The molecule has 0 radical (unpaired) electrons. The molecule has 2 aromatic carbocycles. The van der Waals surface area contributed by atoms with Crippen molar-refractivity contribution < 1.29 is 4.39 Å². The number of hydrogen-bond donors (Lipinski definition) is 1. The Labute approximate surface area is 124 Å². The molecule has 0 aromatic heterocycles. The number of halogens is 2. The molecule has 0 heterocycles. The minimum atomic E-state index is -0.419. The first kappa shape index (κ1) is 15.0.